The van der Waals surface area contributed by atoms with E-state index in [-0.39, 0.29) is 0 Å². The van der Waals surface area contributed by atoms with Crippen molar-refractivity contribution in [2.24, 2.45) is 0 Å². The Kier molecular flexibility index (Phi) is 9.41. The normalized spacial score (nSPS) is 11.0. The lowest BCUT2D eigenvalue weighted by molar-refractivity contribution is 0.304. The molecule has 0 aliphatic heterocycles. The largest absolute Gasteiger partial charge is 0.494 e. The van der Waals surface area contributed by atoms with Crippen LogP contribution in [-0.4, -0.2) is 6.61 Å². The summed E-state index contributed by atoms with van der Waals surface area (Å²) in [5.74, 6) is 0.974. The molecule has 3 aromatic carbocycles. The molecule has 0 unspecified atom stereocenters. The third-order valence-electron chi connectivity index (χ3n) is 6.37. The van der Waals surface area contributed by atoms with Crippen LogP contribution in [0.15, 0.2) is 60.7 Å². The average Bonchev–Trinajstić information content (AvgIpc) is 2.80. The molecule has 0 radical (unpaired) electrons. The minimum absolute atomic E-state index is 0.817. The van der Waals surface area contributed by atoms with E-state index in [4.69, 9.17) is 4.74 Å². The first kappa shape index (κ1) is 24.1. The second-order valence-electron chi connectivity index (χ2n) is 9.20. The van der Waals surface area contributed by atoms with E-state index in [1.54, 1.807) is 0 Å². The van der Waals surface area contributed by atoms with E-state index in [1.807, 2.05) is 0 Å². The Morgan fingerprint density at radius 1 is 0.562 bits per heavy atom. The van der Waals surface area contributed by atoms with Crippen LogP contribution in [0.3, 0.4) is 0 Å². The number of ether oxygens (including phenoxy) is 1. The maximum atomic E-state index is 5.98. The maximum Gasteiger partial charge on any atom is 0.119 e. The predicted molar refractivity (Wildman–Crippen MR) is 140 cm³/mol. The molecule has 0 saturated carbocycles. The van der Waals surface area contributed by atoms with Crippen molar-refractivity contribution in [3.63, 3.8) is 0 Å². The van der Waals surface area contributed by atoms with Crippen LogP contribution in [0.2, 0.25) is 0 Å². The smallest absolute Gasteiger partial charge is 0.119 e. The zero-order valence-electron chi connectivity index (χ0n) is 20.5. The first-order valence-electron chi connectivity index (χ1n) is 12.5. The zero-order valence-corrected chi connectivity index (χ0v) is 20.5. The Balaban J connectivity index is 1.53. The molecule has 0 atom stereocenters. The molecule has 0 aliphatic rings. The van der Waals surface area contributed by atoms with Gasteiger partial charge in [0.25, 0.3) is 0 Å². The van der Waals surface area contributed by atoms with E-state index in [0.29, 0.717) is 0 Å². The molecule has 0 aliphatic carbocycles. The minimum Gasteiger partial charge on any atom is -0.494 e. The van der Waals surface area contributed by atoms with Crippen LogP contribution in [0.5, 0.6) is 5.75 Å². The average molecular weight is 429 g/mol. The van der Waals surface area contributed by atoms with Gasteiger partial charge in [0.1, 0.15) is 5.75 Å². The lowest BCUT2D eigenvalue weighted by atomic mass is 9.91. The van der Waals surface area contributed by atoms with Gasteiger partial charge in [-0.3, -0.25) is 0 Å². The highest BCUT2D eigenvalue weighted by Gasteiger charge is 2.09. The van der Waals surface area contributed by atoms with Crippen molar-refractivity contribution in [3.05, 3.63) is 77.4 Å². The molecule has 0 N–H and O–H groups in total. The van der Waals surface area contributed by atoms with Gasteiger partial charge in [0.2, 0.25) is 0 Å². The van der Waals surface area contributed by atoms with Gasteiger partial charge in [0.15, 0.2) is 0 Å². The highest BCUT2D eigenvalue weighted by Crippen LogP contribution is 2.32. The van der Waals surface area contributed by atoms with Crippen LogP contribution in [0.25, 0.3) is 22.3 Å². The van der Waals surface area contributed by atoms with E-state index < -0.39 is 0 Å². The third kappa shape index (κ3) is 6.99. The molecule has 3 aromatic rings. The summed E-state index contributed by atoms with van der Waals surface area (Å²) >= 11 is 0. The summed E-state index contributed by atoms with van der Waals surface area (Å²) in [6.45, 7) is 9.64. The number of rotatable bonds is 12. The van der Waals surface area contributed by atoms with Gasteiger partial charge in [-0.15, -0.1) is 0 Å². The SMILES string of the molecule is CCCCCCCCCCOc1ccc(-c2cc(C)c(-c3ccc(C)cc3)cc2C)cc1. The summed E-state index contributed by atoms with van der Waals surface area (Å²) in [6, 6.07) is 22.1. The van der Waals surface area contributed by atoms with Gasteiger partial charge in [-0.1, -0.05) is 106 Å². The standard InChI is InChI=1S/C31H40O/c1-5-6-7-8-9-10-11-12-21-32-29-19-17-28(18-20-29)31-23-25(3)30(22-26(31)4)27-15-13-24(2)14-16-27/h13-20,22-23H,5-12,21H2,1-4H3. The van der Waals surface area contributed by atoms with E-state index >= 15 is 0 Å². The van der Waals surface area contributed by atoms with Gasteiger partial charge in [0.05, 0.1) is 6.61 Å². The van der Waals surface area contributed by atoms with Gasteiger partial charge in [0, 0.05) is 0 Å². The first-order valence-corrected chi connectivity index (χ1v) is 12.5. The molecule has 0 amide bonds. The molecule has 1 heteroatoms. The number of aryl methyl sites for hydroxylation is 3. The van der Waals surface area contributed by atoms with Crippen molar-refractivity contribution in [1.29, 1.82) is 0 Å². The Morgan fingerprint density at radius 2 is 1.03 bits per heavy atom. The molecular formula is C31H40O. The fraction of sp³-hybridized carbons (Fsp3) is 0.419. The zero-order chi connectivity index (χ0) is 22.8. The van der Waals surface area contributed by atoms with Crippen molar-refractivity contribution >= 4 is 0 Å². The van der Waals surface area contributed by atoms with Crippen molar-refractivity contribution < 1.29 is 4.74 Å². The lowest BCUT2D eigenvalue weighted by Gasteiger charge is -2.14. The predicted octanol–water partition coefficient (Wildman–Crippen LogP) is 9.47. The Morgan fingerprint density at radius 3 is 1.56 bits per heavy atom. The lowest BCUT2D eigenvalue weighted by Crippen LogP contribution is -1.97. The van der Waals surface area contributed by atoms with E-state index in [2.05, 4.69) is 88.4 Å². The Bertz CT molecular complexity index is 951. The molecule has 0 aromatic heterocycles. The van der Waals surface area contributed by atoms with Gasteiger partial charge in [-0.05, 0) is 72.7 Å². The van der Waals surface area contributed by atoms with Gasteiger partial charge < -0.3 is 4.74 Å². The van der Waals surface area contributed by atoms with Crippen LogP contribution >= 0.6 is 0 Å². The maximum absolute atomic E-state index is 5.98. The van der Waals surface area contributed by atoms with Gasteiger partial charge in [-0.25, -0.2) is 0 Å². The van der Waals surface area contributed by atoms with Crippen LogP contribution in [0, 0.1) is 20.8 Å². The minimum atomic E-state index is 0.817. The van der Waals surface area contributed by atoms with E-state index in [9.17, 15) is 0 Å². The third-order valence-corrected chi connectivity index (χ3v) is 6.37. The van der Waals surface area contributed by atoms with Gasteiger partial charge in [-0.2, -0.15) is 0 Å². The first-order chi connectivity index (χ1) is 15.6. The fourth-order valence-electron chi connectivity index (χ4n) is 4.33. The quantitative estimate of drug-likeness (QED) is 0.261. The summed E-state index contributed by atoms with van der Waals surface area (Å²) in [5.41, 5.74) is 9.06. The Hall–Kier alpha value is -2.54. The highest BCUT2D eigenvalue weighted by atomic mass is 16.5. The summed E-state index contributed by atoms with van der Waals surface area (Å²) in [5, 5.41) is 0. The number of benzene rings is 3. The second-order valence-corrected chi connectivity index (χ2v) is 9.20. The van der Waals surface area contributed by atoms with Crippen molar-refractivity contribution in [3.8, 4) is 28.0 Å². The highest BCUT2D eigenvalue weighted by molar-refractivity contribution is 5.76. The van der Waals surface area contributed by atoms with E-state index in [1.165, 1.54) is 83.9 Å². The molecule has 170 valence electrons. The van der Waals surface area contributed by atoms with Crippen molar-refractivity contribution in [2.45, 2.75) is 79.1 Å². The van der Waals surface area contributed by atoms with E-state index in [0.717, 1.165) is 18.8 Å². The fourth-order valence-corrected chi connectivity index (χ4v) is 4.33. The summed E-state index contributed by atoms with van der Waals surface area (Å²) in [7, 11) is 0. The molecule has 0 heterocycles. The van der Waals surface area contributed by atoms with Gasteiger partial charge >= 0.3 is 0 Å². The molecule has 3 rings (SSSR count). The molecule has 0 spiro atoms. The number of hydrogen-bond donors (Lipinski definition) is 0. The molecule has 32 heavy (non-hydrogen) atoms. The second kappa shape index (κ2) is 12.5. The molecule has 0 bridgehead atoms. The summed E-state index contributed by atoms with van der Waals surface area (Å²) in [4.78, 5) is 0. The Labute approximate surface area is 195 Å². The molecule has 0 fully saturated rings. The number of hydrogen-bond acceptors (Lipinski definition) is 1. The monoisotopic (exact) mass is 428 g/mol. The topological polar surface area (TPSA) is 9.23 Å². The van der Waals surface area contributed by atoms with Crippen LogP contribution in [-0.2, 0) is 0 Å². The van der Waals surface area contributed by atoms with Crippen LogP contribution < -0.4 is 4.74 Å². The summed E-state index contributed by atoms with van der Waals surface area (Å²) < 4.78 is 5.98. The van der Waals surface area contributed by atoms with Crippen LogP contribution in [0.4, 0.5) is 0 Å². The van der Waals surface area contributed by atoms with Crippen molar-refractivity contribution in [1.82, 2.24) is 0 Å². The van der Waals surface area contributed by atoms with Crippen molar-refractivity contribution in [2.75, 3.05) is 6.61 Å². The molecular weight excluding hydrogens is 388 g/mol. The van der Waals surface area contributed by atoms with Crippen LogP contribution in [0.1, 0.15) is 75.0 Å². The number of unbranched alkanes of at least 4 members (excludes halogenated alkanes) is 7. The molecule has 0 saturated heterocycles. The molecule has 1 nitrogen and oxygen atoms in total. The summed E-state index contributed by atoms with van der Waals surface area (Å²) in [6.07, 6.45) is 10.6.